The number of hydrogen-bond acceptors (Lipinski definition) is 5. The Hall–Kier alpha value is -0.970. The topological polar surface area (TPSA) is 49.8 Å². The highest BCUT2D eigenvalue weighted by molar-refractivity contribution is 7.98. The lowest BCUT2D eigenvalue weighted by atomic mass is 10.3. The van der Waals surface area contributed by atoms with Crippen molar-refractivity contribution in [2.24, 2.45) is 0 Å². The molecule has 0 bridgehead atoms. The second-order valence-electron chi connectivity index (χ2n) is 4.29. The average Bonchev–Trinajstić information content (AvgIpc) is 3.18. The van der Waals surface area contributed by atoms with E-state index in [1.165, 1.54) is 25.0 Å². The zero-order chi connectivity index (χ0) is 12.1. The molecule has 1 aromatic heterocycles. The van der Waals surface area contributed by atoms with Crippen molar-refractivity contribution in [2.75, 3.05) is 36.2 Å². The normalized spacial score (nSPS) is 14.7. The highest BCUT2D eigenvalue weighted by Crippen LogP contribution is 2.38. The van der Waals surface area contributed by atoms with Crippen LogP contribution in [0.3, 0.4) is 0 Å². The van der Waals surface area contributed by atoms with E-state index in [-0.39, 0.29) is 0 Å². The third-order valence-electron chi connectivity index (χ3n) is 2.77. The molecule has 4 nitrogen and oxygen atoms in total. The van der Waals surface area contributed by atoms with Gasteiger partial charge in [0.05, 0.1) is 0 Å². The van der Waals surface area contributed by atoms with Gasteiger partial charge in [0.15, 0.2) is 0 Å². The van der Waals surface area contributed by atoms with Crippen LogP contribution < -0.4 is 10.6 Å². The SMILES string of the molecule is CNc1cc(NCCCSC)nc(C2CC2)n1. The lowest BCUT2D eigenvalue weighted by Gasteiger charge is -2.09. The van der Waals surface area contributed by atoms with Crippen molar-refractivity contribution in [1.29, 1.82) is 0 Å². The predicted molar refractivity (Wildman–Crippen MR) is 75.0 cm³/mol. The first-order chi connectivity index (χ1) is 8.33. The number of aromatic nitrogens is 2. The Bertz CT molecular complexity index is 366. The Labute approximate surface area is 107 Å². The first-order valence-electron chi connectivity index (χ1n) is 6.13. The summed E-state index contributed by atoms with van der Waals surface area (Å²) in [6.45, 7) is 0.977. The van der Waals surface area contributed by atoms with Crippen LogP contribution in [0.5, 0.6) is 0 Å². The fourth-order valence-corrected chi connectivity index (χ4v) is 2.07. The third-order valence-corrected chi connectivity index (χ3v) is 3.47. The van der Waals surface area contributed by atoms with Gasteiger partial charge in [-0.3, -0.25) is 0 Å². The second-order valence-corrected chi connectivity index (χ2v) is 5.28. The van der Waals surface area contributed by atoms with E-state index in [4.69, 9.17) is 0 Å². The van der Waals surface area contributed by atoms with Crippen LogP contribution in [-0.4, -0.2) is 35.6 Å². The lowest BCUT2D eigenvalue weighted by Crippen LogP contribution is -2.08. The van der Waals surface area contributed by atoms with Gasteiger partial charge in [0.2, 0.25) is 0 Å². The van der Waals surface area contributed by atoms with Crippen LogP contribution in [0.25, 0.3) is 0 Å². The molecule has 2 N–H and O–H groups in total. The number of thioether (sulfide) groups is 1. The van der Waals surface area contributed by atoms with Crippen molar-refractivity contribution in [1.82, 2.24) is 9.97 Å². The van der Waals surface area contributed by atoms with Crippen LogP contribution >= 0.6 is 11.8 Å². The molecular weight excluding hydrogens is 232 g/mol. The van der Waals surface area contributed by atoms with E-state index in [1.54, 1.807) is 0 Å². The van der Waals surface area contributed by atoms with Gasteiger partial charge in [0, 0.05) is 25.6 Å². The Morgan fingerprint density at radius 2 is 2.12 bits per heavy atom. The molecule has 1 aromatic rings. The average molecular weight is 252 g/mol. The van der Waals surface area contributed by atoms with E-state index in [9.17, 15) is 0 Å². The van der Waals surface area contributed by atoms with Gasteiger partial charge < -0.3 is 10.6 Å². The maximum absolute atomic E-state index is 4.57. The number of hydrogen-bond donors (Lipinski definition) is 2. The molecule has 94 valence electrons. The maximum atomic E-state index is 4.57. The Balaban J connectivity index is 1.97. The molecule has 0 aliphatic heterocycles. The monoisotopic (exact) mass is 252 g/mol. The molecule has 1 aliphatic carbocycles. The molecule has 0 unspecified atom stereocenters. The first-order valence-corrected chi connectivity index (χ1v) is 7.52. The van der Waals surface area contributed by atoms with Gasteiger partial charge in [-0.15, -0.1) is 0 Å². The molecule has 0 atom stereocenters. The van der Waals surface area contributed by atoms with Crippen molar-refractivity contribution >= 4 is 23.4 Å². The maximum Gasteiger partial charge on any atom is 0.136 e. The zero-order valence-corrected chi connectivity index (χ0v) is 11.3. The van der Waals surface area contributed by atoms with E-state index < -0.39 is 0 Å². The van der Waals surface area contributed by atoms with Crippen molar-refractivity contribution in [3.05, 3.63) is 11.9 Å². The molecule has 0 radical (unpaired) electrons. The van der Waals surface area contributed by atoms with Gasteiger partial charge in [0.1, 0.15) is 17.5 Å². The molecule has 0 aromatic carbocycles. The van der Waals surface area contributed by atoms with Crippen LogP contribution in [-0.2, 0) is 0 Å². The van der Waals surface area contributed by atoms with Crippen molar-refractivity contribution in [3.63, 3.8) is 0 Å². The quantitative estimate of drug-likeness (QED) is 0.730. The van der Waals surface area contributed by atoms with Gasteiger partial charge in [-0.2, -0.15) is 11.8 Å². The van der Waals surface area contributed by atoms with Crippen LogP contribution in [0.2, 0.25) is 0 Å². The summed E-state index contributed by atoms with van der Waals surface area (Å²) in [6.07, 6.45) is 5.77. The Kier molecular flexibility index (Phi) is 4.48. The molecular formula is C12H20N4S. The number of nitrogens with one attached hydrogen (secondary N) is 2. The molecule has 1 aliphatic rings. The third kappa shape index (κ3) is 3.77. The van der Waals surface area contributed by atoms with Crippen LogP contribution in [0, 0.1) is 0 Å². The summed E-state index contributed by atoms with van der Waals surface area (Å²) in [5.74, 6) is 4.63. The van der Waals surface area contributed by atoms with Crippen LogP contribution in [0.15, 0.2) is 6.07 Å². The summed E-state index contributed by atoms with van der Waals surface area (Å²) in [5, 5.41) is 6.47. The lowest BCUT2D eigenvalue weighted by molar-refractivity contribution is 0.912. The minimum Gasteiger partial charge on any atom is -0.373 e. The van der Waals surface area contributed by atoms with Gasteiger partial charge in [-0.1, -0.05) is 0 Å². The fourth-order valence-electron chi connectivity index (χ4n) is 1.64. The number of anilines is 2. The minimum atomic E-state index is 0.593. The second kappa shape index (κ2) is 6.10. The smallest absolute Gasteiger partial charge is 0.136 e. The molecule has 0 spiro atoms. The highest BCUT2D eigenvalue weighted by Gasteiger charge is 2.27. The molecule has 1 saturated carbocycles. The molecule has 17 heavy (non-hydrogen) atoms. The van der Waals surface area contributed by atoms with E-state index in [1.807, 2.05) is 24.9 Å². The summed E-state index contributed by atoms with van der Waals surface area (Å²) >= 11 is 1.88. The van der Waals surface area contributed by atoms with E-state index >= 15 is 0 Å². The summed E-state index contributed by atoms with van der Waals surface area (Å²) in [6, 6.07) is 1.98. The van der Waals surface area contributed by atoms with Crippen molar-refractivity contribution in [2.45, 2.75) is 25.2 Å². The van der Waals surface area contributed by atoms with Crippen molar-refractivity contribution < 1.29 is 0 Å². The molecule has 2 rings (SSSR count). The van der Waals surface area contributed by atoms with E-state index in [2.05, 4.69) is 26.9 Å². The highest BCUT2D eigenvalue weighted by atomic mass is 32.2. The summed E-state index contributed by atoms with van der Waals surface area (Å²) < 4.78 is 0. The summed E-state index contributed by atoms with van der Waals surface area (Å²) in [5.41, 5.74) is 0. The van der Waals surface area contributed by atoms with Gasteiger partial charge in [-0.05, 0) is 31.3 Å². The minimum absolute atomic E-state index is 0.593. The Morgan fingerprint density at radius 3 is 2.76 bits per heavy atom. The number of rotatable bonds is 7. The van der Waals surface area contributed by atoms with Gasteiger partial charge >= 0.3 is 0 Å². The molecule has 5 heteroatoms. The van der Waals surface area contributed by atoms with Crippen LogP contribution in [0.4, 0.5) is 11.6 Å². The zero-order valence-electron chi connectivity index (χ0n) is 10.5. The van der Waals surface area contributed by atoms with Gasteiger partial charge in [0.25, 0.3) is 0 Å². The summed E-state index contributed by atoms with van der Waals surface area (Å²) in [7, 11) is 1.90. The Morgan fingerprint density at radius 1 is 1.35 bits per heavy atom. The summed E-state index contributed by atoms with van der Waals surface area (Å²) in [4.78, 5) is 9.06. The van der Waals surface area contributed by atoms with Gasteiger partial charge in [-0.25, -0.2) is 9.97 Å². The van der Waals surface area contributed by atoms with E-state index in [0.29, 0.717) is 5.92 Å². The standard InChI is InChI=1S/C12H20N4S/c1-13-10-8-11(14-6-3-7-17-2)16-12(15-10)9-4-5-9/h8-9H,3-7H2,1-2H3,(H2,13,14,15,16). The van der Waals surface area contributed by atoms with Crippen LogP contribution in [0.1, 0.15) is 31.0 Å². The van der Waals surface area contributed by atoms with Crippen molar-refractivity contribution in [3.8, 4) is 0 Å². The predicted octanol–water partition coefficient (Wildman–Crippen LogP) is 2.56. The molecule has 1 fully saturated rings. The molecule has 0 saturated heterocycles. The molecule has 1 heterocycles. The van der Waals surface area contributed by atoms with E-state index in [0.717, 1.165) is 24.0 Å². The largest absolute Gasteiger partial charge is 0.373 e. The molecule has 0 amide bonds. The fraction of sp³-hybridized carbons (Fsp3) is 0.667. The number of nitrogens with zero attached hydrogens (tertiary/aromatic N) is 2. The first kappa shape index (κ1) is 12.5.